The molecule has 1 unspecified atom stereocenters. The second kappa shape index (κ2) is 6.63. The highest BCUT2D eigenvalue weighted by molar-refractivity contribution is 7.52. The molecule has 0 spiro atoms. The van der Waals surface area contributed by atoms with Crippen molar-refractivity contribution < 1.29 is 24.3 Å². The molecule has 1 aromatic carbocycles. The van der Waals surface area contributed by atoms with E-state index in [-0.39, 0.29) is 6.42 Å². The molecule has 104 valence electrons. The fraction of sp³-hybridized carbons (Fsp3) is 0.250. The van der Waals surface area contributed by atoms with Gasteiger partial charge in [0.1, 0.15) is 11.8 Å². The Morgan fingerprint density at radius 3 is 2.37 bits per heavy atom. The Bertz CT molecular complexity index is 484. The fourth-order valence-corrected chi connectivity index (χ4v) is 2.22. The zero-order valence-electron chi connectivity index (χ0n) is 10.1. The predicted octanol–water partition coefficient (Wildman–Crippen LogP) is 0.962. The number of hydrogen-bond donors (Lipinski definition) is 4. The average molecular weight is 285 g/mol. The molecule has 2 atom stereocenters. The number of benzene rings is 1. The van der Waals surface area contributed by atoms with Crippen LogP contribution in [0.1, 0.15) is 5.56 Å². The molecule has 7 heteroatoms. The minimum atomic E-state index is -4.47. The maximum Gasteiger partial charge on any atom is 0.346 e. The lowest BCUT2D eigenvalue weighted by molar-refractivity contribution is -0.139. The molecule has 0 aliphatic carbocycles. The Morgan fingerprint density at radius 1 is 1.37 bits per heavy atom. The van der Waals surface area contributed by atoms with Crippen LogP contribution in [0.25, 0.3) is 0 Å². The number of carboxylic acids is 1. The summed E-state index contributed by atoms with van der Waals surface area (Å²) in [5, 5.41) is 11.5. The van der Waals surface area contributed by atoms with E-state index in [1.807, 2.05) is 0 Å². The topological polar surface area (TPSA) is 107 Å². The predicted molar refractivity (Wildman–Crippen MR) is 70.7 cm³/mol. The summed E-state index contributed by atoms with van der Waals surface area (Å²) in [5.41, 5.74) is 0.760. The van der Waals surface area contributed by atoms with E-state index in [1.165, 1.54) is 0 Å². The minimum Gasteiger partial charge on any atom is -0.480 e. The lowest BCUT2D eigenvalue weighted by Gasteiger charge is -2.21. The van der Waals surface area contributed by atoms with Gasteiger partial charge in [0.2, 0.25) is 0 Å². The largest absolute Gasteiger partial charge is 0.480 e. The molecule has 1 aromatic rings. The monoisotopic (exact) mass is 285 g/mol. The molecule has 1 rings (SSSR count). The summed E-state index contributed by atoms with van der Waals surface area (Å²) in [6, 6.07) is 7.73. The number of hydrogen-bond acceptors (Lipinski definition) is 3. The fourth-order valence-electron chi connectivity index (χ4n) is 1.58. The van der Waals surface area contributed by atoms with E-state index in [0.717, 1.165) is 11.6 Å². The molecule has 0 saturated carbocycles. The lowest BCUT2D eigenvalue weighted by atomic mass is 10.1. The number of carboxylic acid groups (broad SMARTS) is 1. The molecule has 0 amide bonds. The van der Waals surface area contributed by atoms with Crippen LogP contribution >= 0.6 is 7.60 Å². The highest BCUT2D eigenvalue weighted by Crippen LogP contribution is 2.40. The van der Waals surface area contributed by atoms with Crippen molar-refractivity contribution in [3.05, 3.63) is 48.6 Å². The molecule has 0 radical (unpaired) electrons. The molecule has 0 aromatic heterocycles. The van der Waals surface area contributed by atoms with Gasteiger partial charge in [0, 0.05) is 0 Å². The SMILES string of the molecule is C=CC(N[C@@H](Cc1ccccc1)C(=O)O)P(=O)(O)O. The Morgan fingerprint density at radius 2 is 1.95 bits per heavy atom. The molecule has 4 N–H and O–H groups in total. The van der Waals surface area contributed by atoms with Gasteiger partial charge in [0.25, 0.3) is 0 Å². The first-order valence-corrected chi connectivity index (χ1v) is 7.23. The Balaban J connectivity index is 2.82. The van der Waals surface area contributed by atoms with Crippen LogP contribution in [0.5, 0.6) is 0 Å². The Labute approximate surface area is 110 Å². The first-order valence-electron chi connectivity index (χ1n) is 5.55. The molecule has 0 bridgehead atoms. The molecule has 0 saturated heterocycles. The Kier molecular flexibility index (Phi) is 5.44. The third-order valence-electron chi connectivity index (χ3n) is 2.54. The van der Waals surface area contributed by atoms with Crippen LogP contribution in [0.3, 0.4) is 0 Å². The van der Waals surface area contributed by atoms with Crippen LogP contribution in [0.2, 0.25) is 0 Å². The lowest BCUT2D eigenvalue weighted by Crippen LogP contribution is -2.43. The quantitative estimate of drug-likeness (QED) is 0.439. The summed E-state index contributed by atoms with van der Waals surface area (Å²) < 4.78 is 11.1. The van der Waals surface area contributed by atoms with E-state index < -0.39 is 25.4 Å². The normalized spacial score (nSPS) is 14.6. The van der Waals surface area contributed by atoms with Crippen LogP contribution in [-0.2, 0) is 15.8 Å². The number of nitrogens with one attached hydrogen (secondary N) is 1. The van der Waals surface area contributed by atoms with Crippen molar-refractivity contribution in [2.45, 2.75) is 18.2 Å². The second-order valence-corrected chi connectivity index (χ2v) is 5.75. The summed E-state index contributed by atoms with van der Waals surface area (Å²) in [7, 11) is -4.47. The van der Waals surface area contributed by atoms with Gasteiger partial charge < -0.3 is 14.9 Å². The van der Waals surface area contributed by atoms with Crippen molar-refractivity contribution >= 4 is 13.6 Å². The summed E-state index contributed by atoms with van der Waals surface area (Å²) in [6.45, 7) is 3.30. The molecule has 6 nitrogen and oxygen atoms in total. The summed E-state index contributed by atoms with van der Waals surface area (Å²) in [4.78, 5) is 29.2. The highest BCUT2D eigenvalue weighted by atomic mass is 31.2. The maximum absolute atomic E-state index is 11.1. The van der Waals surface area contributed by atoms with Gasteiger partial charge in [-0.2, -0.15) is 0 Å². The van der Waals surface area contributed by atoms with Crippen LogP contribution in [-0.4, -0.2) is 32.7 Å². The van der Waals surface area contributed by atoms with Crippen LogP contribution < -0.4 is 5.32 Å². The molecule has 0 aliphatic rings. The van der Waals surface area contributed by atoms with Gasteiger partial charge in [-0.15, -0.1) is 6.58 Å². The van der Waals surface area contributed by atoms with Gasteiger partial charge in [-0.3, -0.25) is 14.7 Å². The van der Waals surface area contributed by atoms with Crippen LogP contribution in [0.4, 0.5) is 0 Å². The van der Waals surface area contributed by atoms with E-state index in [2.05, 4.69) is 11.9 Å². The zero-order valence-corrected chi connectivity index (χ0v) is 11.0. The van der Waals surface area contributed by atoms with Crippen molar-refractivity contribution in [3.8, 4) is 0 Å². The van der Waals surface area contributed by atoms with Crippen molar-refractivity contribution in [1.82, 2.24) is 5.32 Å². The summed E-state index contributed by atoms with van der Waals surface area (Å²) in [6.07, 6.45) is 1.14. The summed E-state index contributed by atoms with van der Waals surface area (Å²) >= 11 is 0. The third-order valence-corrected chi connectivity index (χ3v) is 3.62. The molecule has 0 heterocycles. The molecule has 0 aliphatic heterocycles. The van der Waals surface area contributed by atoms with Crippen molar-refractivity contribution in [3.63, 3.8) is 0 Å². The minimum absolute atomic E-state index is 0.126. The standard InChI is InChI=1S/C12H16NO5P/c1-2-11(19(16,17)18)13-10(12(14)15)8-9-6-4-3-5-7-9/h2-7,10-11,13H,1,8H2,(H,14,15)(H2,16,17,18)/t10-,11?/m0/s1. The van der Waals surface area contributed by atoms with E-state index in [1.54, 1.807) is 30.3 Å². The van der Waals surface area contributed by atoms with Crippen molar-refractivity contribution in [2.24, 2.45) is 0 Å². The third kappa shape index (κ3) is 4.96. The maximum atomic E-state index is 11.1. The van der Waals surface area contributed by atoms with Crippen LogP contribution in [0.15, 0.2) is 43.0 Å². The van der Waals surface area contributed by atoms with Crippen molar-refractivity contribution in [1.29, 1.82) is 0 Å². The molecule has 19 heavy (non-hydrogen) atoms. The number of rotatable bonds is 7. The first-order chi connectivity index (χ1) is 8.84. The van der Waals surface area contributed by atoms with Crippen LogP contribution in [0, 0.1) is 0 Å². The molecular weight excluding hydrogens is 269 g/mol. The van der Waals surface area contributed by atoms with Gasteiger partial charge in [-0.05, 0) is 12.0 Å². The van der Waals surface area contributed by atoms with E-state index in [4.69, 9.17) is 14.9 Å². The van der Waals surface area contributed by atoms with Gasteiger partial charge in [-0.25, -0.2) is 0 Å². The number of aliphatic carboxylic acids is 1. The first kappa shape index (κ1) is 15.6. The van der Waals surface area contributed by atoms with E-state index >= 15 is 0 Å². The zero-order chi connectivity index (χ0) is 14.5. The molecule has 0 fully saturated rings. The Hall–Kier alpha value is -1.46. The van der Waals surface area contributed by atoms with Gasteiger partial charge in [0.15, 0.2) is 0 Å². The summed E-state index contributed by atoms with van der Waals surface area (Å²) in [5.74, 6) is -2.55. The second-order valence-electron chi connectivity index (χ2n) is 4.02. The number of carbonyl (C=O) groups is 1. The highest BCUT2D eigenvalue weighted by Gasteiger charge is 2.30. The van der Waals surface area contributed by atoms with E-state index in [9.17, 15) is 9.36 Å². The van der Waals surface area contributed by atoms with Gasteiger partial charge >= 0.3 is 13.6 Å². The smallest absolute Gasteiger partial charge is 0.346 e. The van der Waals surface area contributed by atoms with Gasteiger partial charge in [0.05, 0.1) is 0 Å². The molecular formula is C12H16NO5P. The average Bonchev–Trinajstić information content (AvgIpc) is 2.33. The van der Waals surface area contributed by atoms with Crippen molar-refractivity contribution in [2.75, 3.05) is 0 Å². The van der Waals surface area contributed by atoms with E-state index in [0.29, 0.717) is 0 Å². The van der Waals surface area contributed by atoms with Gasteiger partial charge in [-0.1, -0.05) is 36.4 Å².